The molecule has 0 aliphatic carbocycles. The molecule has 112 valence electrons. The SMILES string of the molecule is Clc1ccc([C@H]2C[C@@H](c3ccco3)n3ncnc3N2)c(Cl)c1. The van der Waals surface area contributed by atoms with Gasteiger partial charge in [-0.05, 0) is 29.8 Å². The van der Waals surface area contributed by atoms with E-state index < -0.39 is 0 Å². The fourth-order valence-electron chi connectivity index (χ4n) is 2.83. The molecule has 1 aliphatic heterocycles. The molecule has 1 N–H and O–H groups in total. The molecule has 22 heavy (non-hydrogen) atoms. The number of furan rings is 1. The van der Waals surface area contributed by atoms with Crippen molar-refractivity contribution in [2.24, 2.45) is 0 Å². The Morgan fingerprint density at radius 2 is 2.18 bits per heavy atom. The van der Waals surface area contributed by atoms with Gasteiger partial charge in [0.1, 0.15) is 18.1 Å². The highest BCUT2D eigenvalue weighted by atomic mass is 35.5. The van der Waals surface area contributed by atoms with Crippen LogP contribution in [0.15, 0.2) is 47.3 Å². The van der Waals surface area contributed by atoms with Gasteiger partial charge in [-0.1, -0.05) is 29.3 Å². The molecule has 0 saturated heterocycles. The third kappa shape index (κ3) is 2.26. The Morgan fingerprint density at radius 3 is 2.95 bits per heavy atom. The van der Waals surface area contributed by atoms with Gasteiger partial charge in [0.15, 0.2) is 0 Å². The minimum atomic E-state index is -0.0227. The third-order valence-corrected chi connectivity index (χ3v) is 4.40. The lowest BCUT2D eigenvalue weighted by molar-refractivity contribution is 0.358. The topological polar surface area (TPSA) is 55.9 Å². The summed E-state index contributed by atoms with van der Waals surface area (Å²) in [5.74, 6) is 1.55. The van der Waals surface area contributed by atoms with E-state index in [1.54, 1.807) is 12.3 Å². The Kier molecular flexibility index (Phi) is 3.32. The summed E-state index contributed by atoms with van der Waals surface area (Å²) in [7, 11) is 0. The van der Waals surface area contributed by atoms with Crippen LogP contribution < -0.4 is 5.32 Å². The number of halogens is 2. The first-order chi connectivity index (χ1) is 10.7. The quantitative estimate of drug-likeness (QED) is 0.758. The Balaban J connectivity index is 1.75. The van der Waals surface area contributed by atoms with Crippen molar-refractivity contribution in [1.29, 1.82) is 0 Å². The molecule has 3 aromatic rings. The lowest BCUT2D eigenvalue weighted by Gasteiger charge is -2.30. The van der Waals surface area contributed by atoms with E-state index in [4.69, 9.17) is 27.6 Å². The van der Waals surface area contributed by atoms with Gasteiger partial charge in [-0.25, -0.2) is 4.68 Å². The smallest absolute Gasteiger partial charge is 0.222 e. The van der Waals surface area contributed by atoms with Crippen molar-refractivity contribution in [1.82, 2.24) is 14.8 Å². The van der Waals surface area contributed by atoms with Crippen LogP contribution in [0.1, 0.15) is 29.8 Å². The normalized spacial score (nSPS) is 20.5. The molecule has 0 spiro atoms. The van der Waals surface area contributed by atoms with Crippen molar-refractivity contribution in [2.75, 3.05) is 5.32 Å². The molecule has 2 atom stereocenters. The predicted molar refractivity (Wildman–Crippen MR) is 84.3 cm³/mol. The van der Waals surface area contributed by atoms with Crippen LogP contribution in [0.25, 0.3) is 0 Å². The molecule has 4 rings (SSSR count). The van der Waals surface area contributed by atoms with E-state index in [9.17, 15) is 0 Å². The minimum Gasteiger partial charge on any atom is -0.467 e. The summed E-state index contributed by atoms with van der Waals surface area (Å²) >= 11 is 12.3. The van der Waals surface area contributed by atoms with Crippen LogP contribution in [0.5, 0.6) is 0 Å². The first-order valence-corrected chi connectivity index (χ1v) is 7.62. The van der Waals surface area contributed by atoms with E-state index in [0.717, 1.165) is 17.7 Å². The molecule has 5 nitrogen and oxygen atoms in total. The largest absolute Gasteiger partial charge is 0.467 e. The second kappa shape index (κ2) is 5.34. The highest BCUT2D eigenvalue weighted by molar-refractivity contribution is 6.35. The standard InChI is InChI=1S/C15H12Cl2N4O/c16-9-3-4-10(11(17)6-9)12-7-13(14-2-1-5-22-14)21-15(20-12)18-8-19-21/h1-6,8,12-13H,7H2,(H,18,19,20)/t12-,13+/m1/s1. The van der Waals surface area contributed by atoms with E-state index >= 15 is 0 Å². The van der Waals surface area contributed by atoms with Crippen molar-refractivity contribution in [3.8, 4) is 0 Å². The molecule has 0 bridgehead atoms. The Labute approximate surface area is 136 Å². The van der Waals surface area contributed by atoms with Gasteiger partial charge in [0.25, 0.3) is 0 Å². The van der Waals surface area contributed by atoms with E-state index in [2.05, 4.69) is 15.4 Å². The zero-order valence-electron chi connectivity index (χ0n) is 11.4. The molecular formula is C15H12Cl2N4O. The van der Waals surface area contributed by atoms with Crippen LogP contribution in [0.2, 0.25) is 10.0 Å². The van der Waals surface area contributed by atoms with Crippen LogP contribution in [0, 0.1) is 0 Å². The highest BCUT2D eigenvalue weighted by Crippen LogP contribution is 2.39. The number of hydrogen-bond donors (Lipinski definition) is 1. The minimum absolute atomic E-state index is 0.0107. The second-order valence-corrected chi connectivity index (χ2v) is 6.00. The van der Waals surface area contributed by atoms with Gasteiger partial charge >= 0.3 is 0 Å². The number of fused-ring (bicyclic) bond motifs is 1. The van der Waals surface area contributed by atoms with Crippen molar-refractivity contribution in [2.45, 2.75) is 18.5 Å². The Bertz CT molecular complexity index is 800. The molecule has 1 aliphatic rings. The molecule has 0 fully saturated rings. The molecular weight excluding hydrogens is 323 g/mol. The maximum atomic E-state index is 6.35. The number of benzene rings is 1. The maximum absolute atomic E-state index is 6.35. The zero-order valence-corrected chi connectivity index (χ0v) is 12.9. The number of nitrogens with one attached hydrogen (secondary N) is 1. The maximum Gasteiger partial charge on any atom is 0.222 e. The molecule has 0 saturated carbocycles. The number of anilines is 1. The molecule has 0 radical (unpaired) electrons. The Morgan fingerprint density at radius 1 is 1.27 bits per heavy atom. The Hall–Kier alpha value is -1.98. The van der Waals surface area contributed by atoms with Gasteiger partial charge in [0.05, 0.1) is 12.3 Å². The van der Waals surface area contributed by atoms with E-state index in [0.29, 0.717) is 16.0 Å². The lowest BCUT2D eigenvalue weighted by Crippen LogP contribution is -2.28. The molecule has 0 unspecified atom stereocenters. The van der Waals surface area contributed by atoms with Crippen LogP contribution in [0.3, 0.4) is 0 Å². The molecule has 7 heteroatoms. The lowest BCUT2D eigenvalue weighted by atomic mass is 9.96. The van der Waals surface area contributed by atoms with Crippen molar-refractivity contribution < 1.29 is 4.42 Å². The third-order valence-electron chi connectivity index (χ3n) is 3.84. The van der Waals surface area contributed by atoms with Crippen LogP contribution in [-0.2, 0) is 0 Å². The highest BCUT2D eigenvalue weighted by Gasteiger charge is 2.32. The van der Waals surface area contributed by atoms with E-state index in [1.165, 1.54) is 6.33 Å². The summed E-state index contributed by atoms with van der Waals surface area (Å²) in [6, 6.07) is 9.34. The van der Waals surface area contributed by atoms with Gasteiger partial charge in [-0.15, -0.1) is 0 Å². The van der Waals surface area contributed by atoms with Crippen LogP contribution in [0.4, 0.5) is 5.95 Å². The summed E-state index contributed by atoms with van der Waals surface area (Å²) in [5.41, 5.74) is 0.983. The summed E-state index contributed by atoms with van der Waals surface area (Å²) < 4.78 is 7.39. The summed E-state index contributed by atoms with van der Waals surface area (Å²) in [4.78, 5) is 4.27. The summed E-state index contributed by atoms with van der Waals surface area (Å²) in [6.45, 7) is 0. The first-order valence-electron chi connectivity index (χ1n) is 6.87. The first kappa shape index (κ1) is 13.7. The number of rotatable bonds is 2. The van der Waals surface area contributed by atoms with E-state index in [1.807, 2.05) is 28.9 Å². The van der Waals surface area contributed by atoms with Crippen LogP contribution >= 0.6 is 23.2 Å². The summed E-state index contributed by atoms with van der Waals surface area (Å²) in [6.07, 6.45) is 3.95. The van der Waals surface area contributed by atoms with E-state index in [-0.39, 0.29) is 12.1 Å². The monoisotopic (exact) mass is 334 g/mol. The number of hydrogen-bond acceptors (Lipinski definition) is 4. The fourth-order valence-corrected chi connectivity index (χ4v) is 3.37. The van der Waals surface area contributed by atoms with Gasteiger partial charge < -0.3 is 9.73 Å². The van der Waals surface area contributed by atoms with Gasteiger partial charge in [0.2, 0.25) is 5.95 Å². The number of aromatic nitrogens is 3. The number of nitrogens with zero attached hydrogens (tertiary/aromatic N) is 3. The van der Waals surface area contributed by atoms with Gasteiger partial charge in [-0.2, -0.15) is 10.1 Å². The van der Waals surface area contributed by atoms with Crippen molar-refractivity contribution >= 4 is 29.2 Å². The van der Waals surface area contributed by atoms with Crippen molar-refractivity contribution in [3.05, 3.63) is 64.3 Å². The zero-order chi connectivity index (χ0) is 15.1. The average molecular weight is 335 g/mol. The van der Waals surface area contributed by atoms with Crippen LogP contribution in [-0.4, -0.2) is 14.8 Å². The molecule has 2 aromatic heterocycles. The van der Waals surface area contributed by atoms with Gasteiger partial charge in [0, 0.05) is 16.5 Å². The average Bonchev–Trinajstić information content (AvgIpc) is 3.17. The molecule has 3 heterocycles. The second-order valence-electron chi connectivity index (χ2n) is 5.16. The predicted octanol–water partition coefficient (Wildman–Crippen LogP) is 4.32. The molecule has 1 aromatic carbocycles. The van der Waals surface area contributed by atoms with Crippen molar-refractivity contribution in [3.63, 3.8) is 0 Å². The molecule has 0 amide bonds. The fraction of sp³-hybridized carbons (Fsp3) is 0.200. The summed E-state index contributed by atoms with van der Waals surface area (Å²) in [5, 5.41) is 8.91. The van der Waals surface area contributed by atoms with Gasteiger partial charge in [-0.3, -0.25) is 0 Å².